The van der Waals surface area contributed by atoms with Crippen molar-refractivity contribution >= 4 is 11.7 Å². The average Bonchev–Trinajstić information content (AvgIpc) is 2.82. The van der Waals surface area contributed by atoms with Crippen LogP contribution in [0, 0.1) is 0 Å². The first kappa shape index (κ1) is 12.9. The molecule has 1 aromatic carbocycles. The Labute approximate surface area is 108 Å². The Bertz CT molecular complexity index is 393. The van der Waals surface area contributed by atoms with Gasteiger partial charge in [-0.3, -0.25) is 4.79 Å². The van der Waals surface area contributed by atoms with Gasteiger partial charge < -0.3 is 10.5 Å². The van der Waals surface area contributed by atoms with Gasteiger partial charge in [0.25, 0.3) is 0 Å². The summed E-state index contributed by atoms with van der Waals surface area (Å²) in [5.74, 6) is 0.103. The van der Waals surface area contributed by atoms with Crippen molar-refractivity contribution in [2.75, 3.05) is 5.73 Å². The Morgan fingerprint density at radius 2 is 1.94 bits per heavy atom. The van der Waals surface area contributed by atoms with E-state index < -0.39 is 0 Å². The van der Waals surface area contributed by atoms with Crippen molar-refractivity contribution in [3.63, 3.8) is 0 Å². The molecule has 0 aromatic heterocycles. The predicted molar refractivity (Wildman–Crippen MR) is 72.2 cm³/mol. The molecule has 1 atom stereocenters. The molecule has 1 aliphatic carbocycles. The van der Waals surface area contributed by atoms with Gasteiger partial charge in [-0.25, -0.2) is 0 Å². The van der Waals surface area contributed by atoms with Gasteiger partial charge in [0.1, 0.15) is 6.10 Å². The highest BCUT2D eigenvalue weighted by Crippen LogP contribution is 2.24. The first-order valence-electron chi connectivity index (χ1n) is 6.70. The van der Waals surface area contributed by atoms with Crippen LogP contribution < -0.4 is 5.73 Å². The fourth-order valence-electron chi connectivity index (χ4n) is 2.43. The zero-order chi connectivity index (χ0) is 13.0. The Balaban J connectivity index is 1.84. The van der Waals surface area contributed by atoms with Crippen LogP contribution in [0.25, 0.3) is 0 Å². The van der Waals surface area contributed by atoms with Crippen molar-refractivity contribution < 1.29 is 9.53 Å². The molecule has 2 rings (SSSR count). The number of anilines is 1. The zero-order valence-electron chi connectivity index (χ0n) is 10.9. The van der Waals surface area contributed by atoms with Gasteiger partial charge >= 0.3 is 5.97 Å². The van der Waals surface area contributed by atoms with E-state index in [0.717, 1.165) is 24.1 Å². The largest absolute Gasteiger partial charge is 0.462 e. The molecule has 1 unspecified atom stereocenters. The fraction of sp³-hybridized carbons (Fsp3) is 0.533. The Hall–Kier alpha value is -1.51. The van der Waals surface area contributed by atoms with Crippen molar-refractivity contribution in [2.24, 2.45) is 0 Å². The van der Waals surface area contributed by atoms with E-state index in [0.29, 0.717) is 6.42 Å². The summed E-state index contributed by atoms with van der Waals surface area (Å²) in [5.41, 5.74) is 7.53. The van der Waals surface area contributed by atoms with Gasteiger partial charge in [0.15, 0.2) is 0 Å². The number of nitrogen functional groups attached to an aromatic ring is 1. The second-order valence-electron chi connectivity index (χ2n) is 5.17. The number of hydrogen-bond acceptors (Lipinski definition) is 3. The average molecular weight is 247 g/mol. The minimum absolute atomic E-state index is 0.0776. The standard InChI is InChI=1S/C15H21NO2/c1-11(12-6-8-13(16)9-7-12)10-15(17)18-14-4-2-3-5-14/h6-9,11,14H,2-5,10,16H2,1H3. The molecule has 0 heterocycles. The van der Waals surface area contributed by atoms with E-state index in [1.165, 1.54) is 12.8 Å². The van der Waals surface area contributed by atoms with E-state index >= 15 is 0 Å². The Morgan fingerprint density at radius 3 is 2.56 bits per heavy atom. The van der Waals surface area contributed by atoms with Crippen LogP contribution in [-0.4, -0.2) is 12.1 Å². The first-order chi connectivity index (χ1) is 8.65. The lowest BCUT2D eigenvalue weighted by Crippen LogP contribution is -2.16. The molecule has 1 aliphatic rings. The van der Waals surface area contributed by atoms with E-state index in [1.54, 1.807) is 0 Å². The van der Waals surface area contributed by atoms with E-state index in [4.69, 9.17) is 10.5 Å². The molecule has 3 nitrogen and oxygen atoms in total. The molecule has 2 N–H and O–H groups in total. The lowest BCUT2D eigenvalue weighted by Gasteiger charge is -2.15. The quantitative estimate of drug-likeness (QED) is 0.656. The summed E-state index contributed by atoms with van der Waals surface area (Å²) in [4.78, 5) is 11.8. The van der Waals surface area contributed by atoms with E-state index in [-0.39, 0.29) is 18.0 Å². The lowest BCUT2D eigenvalue weighted by molar-refractivity contribution is -0.149. The minimum atomic E-state index is -0.0776. The lowest BCUT2D eigenvalue weighted by atomic mass is 9.98. The third-order valence-corrected chi connectivity index (χ3v) is 3.58. The van der Waals surface area contributed by atoms with E-state index in [1.807, 2.05) is 31.2 Å². The molecule has 0 spiro atoms. The summed E-state index contributed by atoms with van der Waals surface area (Å²) in [6.45, 7) is 2.04. The van der Waals surface area contributed by atoms with Crippen LogP contribution in [0.1, 0.15) is 50.5 Å². The van der Waals surface area contributed by atoms with Crippen molar-refractivity contribution in [2.45, 2.75) is 51.0 Å². The van der Waals surface area contributed by atoms with E-state index in [9.17, 15) is 4.79 Å². The molecular formula is C15H21NO2. The van der Waals surface area contributed by atoms with Crippen molar-refractivity contribution in [3.05, 3.63) is 29.8 Å². The normalized spacial score (nSPS) is 17.6. The SMILES string of the molecule is CC(CC(=O)OC1CCCC1)c1ccc(N)cc1. The summed E-state index contributed by atoms with van der Waals surface area (Å²) in [6.07, 6.45) is 5.04. The topological polar surface area (TPSA) is 52.3 Å². The van der Waals surface area contributed by atoms with Crippen LogP contribution in [0.4, 0.5) is 5.69 Å². The van der Waals surface area contributed by atoms with Crippen LogP contribution in [-0.2, 0) is 9.53 Å². The molecule has 0 radical (unpaired) electrons. The molecule has 1 aromatic rings. The molecule has 1 fully saturated rings. The molecule has 98 valence electrons. The van der Waals surface area contributed by atoms with Crippen LogP contribution in [0.15, 0.2) is 24.3 Å². The monoisotopic (exact) mass is 247 g/mol. The highest BCUT2D eigenvalue weighted by atomic mass is 16.5. The number of carbonyl (C=O) groups excluding carboxylic acids is 1. The zero-order valence-corrected chi connectivity index (χ0v) is 10.9. The fourth-order valence-corrected chi connectivity index (χ4v) is 2.43. The summed E-state index contributed by atoms with van der Waals surface area (Å²) in [5, 5.41) is 0. The number of hydrogen-bond donors (Lipinski definition) is 1. The summed E-state index contributed by atoms with van der Waals surface area (Å²) >= 11 is 0. The number of benzene rings is 1. The van der Waals surface area contributed by atoms with Gasteiger partial charge in [-0.1, -0.05) is 19.1 Å². The second kappa shape index (κ2) is 5.89. The third kappa shape index (κ3) is 3.49. The molecule has 1 saturated carbocycles. The molecular weight excluding hydrogens is 226 g/mol. The number of nitrogens with two attached hydrogens (primary N) is 1. The van der Waals surface area contributed by atoms with Gasteiger partial charge in [-0.15, -0.1) is 0 Å². The van der Waals surface area contributed by atoms with Crippen molar-refractivity contribution in [1.29, 1.82) is 0 Å². The minimum Gasteiger partial charge on any atom is -0.462 e. The Morgan fingerprint density at radius 1 is 1.33 bits per heavy atom. The molecule has 0 amide bonds. The third-order valence-electron chi connectivity index (χ3n) is 3.58. The molecule has 3 heteroatoms. The van der Waals surface area contributed by atoms with Gasteiger partial charge in [0.05, 0.1) is 6.42 Å². The van der Waals surface area contributed by atoms with Crippen LogP contribution in [0.5, 0.6) is 0 Å². The highest BCUT2D eigenvalue weighted by molar-refractivity contribution is 5.70. The van der Waals surface area contributed by atoms with Gasteiger partial charge in [0.2, 0.25) is 0 Å². The maximum Gasteiger partial charge on any atom is 0.306 e. The summed E-state index contributed by atoms with van der Waals surface area (Å²) in [7, 11) is 0. The smallest absolute Gasteiger partial charge is 0.306 e. The van der Waals surface area contributed by atoms with Crippen LogP contribution in [0.2, 0.25) is 0 Å². The predicted octanol–water partition coefficient (Wildman–Crippen LogP) is 3.25. The number of rotatable bonds is 4. The van der Waals surface area contributed by atoms with Crippen LogP contribution >= 0.6 is 0 Å². The Kier molecular flexibility index (Phi) is 4.24. The maximum atomic E-state index is 11.8. The van der Waals surface area contributed by atoms with Gasteiger partial charge in [-0.05, 0) is 49.3 Å². The van der Waals surface area contributed by atoms with Gasteiger partial charge in [-0.2, -0.15) is 0 Å². The van der Waals surface area contributed by atoms with Crippen molar-refractivity contribution in [1.82, 2.24) is 0 Å². The maximum absolute atomic E-state index is 11.8. The summed E-state index contributed by atoms with van der Waals surface area (Å²) in [6, 6.07) is 7.69. The van der Waals surface area contributed by atoms with E-state index in [2.05, 4.69) is 0 Å². The second-order valence-corrected chi connectivity index (χ2v) is 5.17. The molecule has 18 heavy (non-hydrogen) atoms. The first-order valence-corrected chi connectivity index (χ1v) is 6.70. The molecule has 0 bridgehead atoms. The van der Waals surface area contributed by atoms with Crippen LogP contribution in [0.3, 0.4) is 0 Å². The number of carbonyl (C=O) groups is 1. The molecule has 0 saturated heterocycles. The van der Waals surface area contributed by atoms with Gasteiger partial charge in [0, 0.05) is 5.69 Å². The number of esters is 1. The van der Waals surface area contributed by atoms with Crippen molar-refractivity contribution in [3.8, 4) is 0 Å². The number of ether oxygens (including phenoxy) is 1. The molecule has 0 aliphatic heterocycles. The summed E-state index contributed by atoms with van der Waals surface area (Å²) < 4.78 is 5.46. The highest BCUT2D eigenvalue weighted by Gasteiger charge is 2.20.